The van der Waals surface area contributed by atoms with Crippen molar-refractivity contribution in [1.82, 2.24) is 24.4 Å². The van der Waals surface area contributed by atoms with E-state index in [1.807, 2.05) is 55.1 Å². The van der Waals surface area contributed by atoms with Gasteiger partial charge in [0.25, 0.3) is 6.01 Å². The smallest absolute Gasteiger partial charge is 0.298 e. The van der Waals surface area contributed by atoms with Crippen LogP contribution in [0.5, 0.6) is 0 Å². The molecule has 7 heteroatoms. The Balaban J connectivity index is 1.17. The van der Waals surface area contributed by atoms with Gasteiger partial charge in [-0.3, -0.25) is 9.88 Å². The Hall–Kier alpha value is -3.19. The third-order valence-electron chi connectivity index (χ3n) is 5.44. The number of benzene rings is 1. The topological polar surface area (TPSA) is 63.2 Å². The molecule has 29 heavy (non-hydrogen) atoms. The molecule has 0 radical (unpaired) electrons. The zero-order valence-electron chi connectivity index (χ0n) is 16.3. The standard InChI is InChI=1S/C22H24N6O/c1-2-7-21-20(6-1)25-22(29-21)27-13-11-26(12-14-27)16-19-15-23-17-28(19)10-8-18-5-3-4-9-24-18/h1-7,9,15,17H,8,10-14,16H2. The molecule has 0 atom stereocenters. The highest BCUT2D eigenvalue weighted by Crippen LogP contribution is 2.22. The number of hydrogen-bond donors (Lipinski definition) is 0. The highest BCUT2D eigenvalue weighted by atomic mass is 16.4. The molecule has 0 N–H and O–H groups in total. The predicted molar refractivity (Wildman–Crippen MR) is 112 cm³/mol. The monoisotopic (exact) mass is 388 g/mol. The van der Waals surface area contributed by atoms with Crippen LogP contribution in [-0.2, 0) is 19.5 Å². The lowest BCUT2D eigenvalue weighted by molar-refractivity contribution is 0.239. The van der Waals surface area contributed by atoms with Gasteiger partial charge in [-0.25, -0.2) is 4.98 Å². The van der Waals surface area contributed by atoms with Crippen LogP contribution in [0.3, 0.4) is 0 Å². The number of fused-ring (bicyclic) bond motifs is 1. The number of anilines is 1. The van der Waals surface area contributed by atoms with Crippen LogP contribution in [0.4, 0.5) is 6.01 Å². The van der Waals surface area contributed by atoms with Crippen molar-refractivity contribution < 1.29 is 4.42 Å². The van der Waals surface area contributed by atoms with Gasteiger partial charge in [-0.2, -0.15) is 4.98 Å². The van der Waals surface area contributed by atoms with E-state index >= 15 is 0 Å². The van der Waals surface area contributed by atoms with Gasteiger partial charge in [0.1, 0.15) is 5.52 Å². The second-order valence-corrected chi connectivity index (χ2v) is 7.38. The van der Waals surface area contributed by atoms with Gasteiger partial charge >= 0.3 is 0 Å². The fourth-order valence-electron chi connectivity index (χ4n) is 3.78. The number of pyridine rings is 1. The number of piperazine rings is 1. The molecule has 5 rings (SSSR count). The molecule has 1 fully saturated rings. The van der Waals surface area contributed by atoms with Crippen LogP contribution < -0.4 is 4.90 Å². The molecule has 0 unspecified atom stereocenters. The molecular weight excluding hydrogens is 364 g/mol. The van der Waals surface area contributed by atoms with Crippen LogP contribution in [0, 0.1) is 0 Å². The summed E-state index contributed by atoms with van der Waals surface area (Å²) < 4.78 is 8.16. The zero-order valence-corrected chi connectivity index (χ0v) is 16.3. The fourth-order valence-corrected chi connectivity index (χ4v) is 3.78. The third kappa shape index (κ3) is 4.00. The Morgan fingerprint density at radius 1 is 0.966 bits per heavy atom. The summed E-state index contributed by atoms with van der Waals surface area (Å²) in [6.07, 6.45) is 6.66. The van der Waals surface area contributed by atoms with Gasteiger partial charge in [-0.05, 0) is 24.3 Å². The Kier molecular flexibility index (Phi) is 4.96. The van der Waals surface area contributed by atoms with E-state index in [0.29, 0.717) is 0 Å². The minimum Gasteiger partial charge on any atom is -0.423 e. The van der Waals surface area contributed by atoms with E-state index in [9.17, 15) is 0 Å². The van der Waals surface area contributed by atoms with Crippen LogP contribution in [-0.4, -0.2) is 50.6 Å². The van der Waals surface area contributed by atoms with Gasteiger partial charge in [0, 0.05) is 63.8 Å². The number of para-hydroxylation sites is 2. The van der Waals surface area contributed by atoms with E-state index in [1.54, 1.807) is 0 Å². The highest BCUT2D eigenvalue weighted by Gasteiger charge is 2.21. The fraction of sp³-hybridized carbons (Fsp3) is 0.318. The normalized spacial score (nSPS) is 15.2. The van der Waals surface area contributed by atoms with Gasteiger partial charge < -0.3 is 13.9 Å². The van der Waals surface area contributed by atoms with Gasteiger partial charge in [-0.1, -0.05) is 18.2 Å². The van der Waals surface area contributed by atoms with Gasteiger partial charge in [0.05, 0.1) is 12.0 Å². The highest BCUT2D eigenvalue weighted by molar-refractivity contribution is 5.74. The number of aryl methyl sites for hydroxylation is 2. The third-order valence-corrected chi connectivity index (χ3v) is 5.44. The first-order valence-electron chi connectivity index (χ1n) is 10.1. The first kappa shape index (κ1) is 17.9. The average Bonchev–Trinajstić information content (AvgIpc) is 3.40. The van der Waals surface area contributed by atoms with Crippen molar-refractivity contribution in [3.05, 3.63) is 72.6 Å². The van der Waals surface area contributed by atoms with Gasteiger partial charge in [0.2, 0.25) is 0 Å². The average molecular weight is 388 g/mol. The van der Waals surface area contributed by atoms with Crippen LogP contribution >= 0.6 is 0 Å². The number of rotatable bonds is 6. The molecule has 3 aromatic heterocycles. The molecule has 1 aromatic carbocycles. The van der Waals surface area contributed by atoms with Crippen molar-refractivity contribution in [3.63, 3.8) is 0 Å². The molecule has 7 nitrogen and oxygen atoms in total. The summed E-state index contributed by atoms with van der Waals surface area (Å²) in [6, 6.07) is 14.7. The number of imidazole rings is 1. The molecule has 1 aliphatic rings. The summed E-state index contributed by atoms with van der Waals surface area (Å²) >= 11 is 0. The summed E-state index contributed by atoms with van der Waals surface area (Å²) in [6.45, 7) is 5.58. The lowest BCUT2D eigenvalue weighted by Crippen LogP contribution is -2.46. The molecule has 4 heterocycles. The lowest BCUT2D eigenvalue weighted by atomic mass is 10.2. The molecule has 0 spiro atoms. The first-order valence-corrected chi connectivity index (χ1v) is 10.1. The second kappa shape index (κ2) is 8.05. The Morgan fingerprint density at radius 3 is 2.66 bits per heavy atom. The Morgan fingerprint density at radius 2 is 1.83 bits per heavy atom. The molecule has 4 aromatic rings. The molecule has 0 amide bonds. The summed E-state index contributed by atoms with van der Waals surface area (Å²) in [4.78, 5) is 18.1. The summed E-state index contributed by atoms with van der Waals surface area (Å²) in [7, 11) is 0. The van der Waals surface area contributed by atoms with Crippen molar-refractivity contribution >= 4 is 17.1 Å². The minimum absolute atomic E-state index is 0.728. The summed E-state index contributed by atoms with van der Waals surface area (Å²) in [5.41, 5.74) is 4.12. The maximum Gasteiger partial charge on any atom is 0.298 e. The zero-order chi connectivity index (χ0) is 19.5. The van der Waals surface area contributed by atoms with E-state index in [-0.39, 0.29) is 0 Å². The van der Waals surface area contributed by atoms with Crippen molar-refractivity contribution in [2.75, 3.05) is 31.1 Å². The second-order valence-electron chi connectivity index (χ2n) is 7.38. The Bertz CT molecular complexity index is 1030. The largest absolute Gasteiger partial charge is 0.423 e. The molecule has 0 saturated carbocycles. The number of nitrogens with zero attached hydrogens (tertiary/aromatic N) is 6. The van der Waals surface area contributed by atoms with Gasteiger partial charge in [-0.15, -0.1) is 0 Å². The van der Waals surface area contributed by atoms with E-state index in [0.717, 1.165) is 68.5 Å². The number of hydrogen-bond acceptors (Lipinski definition) is 6. The SMILES string of the molecule is c1ccc(CCn2cncc2CN2CCN(c3nc4ccccc4o3)CC2)nc1. The van der Waals surface area contributed by atoms with E-state index < -0.39 is 0 Å². The van der Waals surface area contributed by atoms with Crippen LogP contribution in [0.2, 0.25) is 0 Å². The molecule has 1 saturated heterocycles. The van der Waals surface area contributed by atoms with Crippen molar-refractivity contribution in [2.45, 2.75) is 19.5 Å². The number of aromatic nitrogens is 4. The number of oxazole rings is 1. The van der Waals surface area contributed by atoms with Crippen molar-refractivity contribution in [2.24, 2.45) is 0 Å². The maximum absolute atomic E-state index is 5.92. The van der Waals surface area contributed by atoms with Crippen molar-refractivity contribution in [3.8, 4) is 0 Å². The molecular formula is C22H24N6O. The molecule has 1 aliphatic heterocycles. The molecule has 148 valence electrons. The quantitative estimate of drug-likeness (QED) is 0.506. The Labute approximate surface area is 169 Å². The lowest BCUT2D eigenvalue weighted by Gasteiger charge is -2.33. The van der Waals surface area contributed by atoms with E-state index in [1.165, 1.54) is 5.69 Å². The summed E-state index contributed by atoms with van der Waals surface area (Å²) in [5, 5.41) is 0. The van der Waals surface area contributed by atoms with E-state index in [4.69, 9.17) is 4.42 Å². The van der Waals surface area contributed by atoms with Crippen molar-refractivity contribution in [1.29, 1.82) is 0 Å². The van der Waals surface area contributed by atoms with Crippen LogP contribution in [0.1, 0.15) is 11.4 Å². The first-order chi connectivity index (χ1) is 14.3. The van der Waals surface area contributed by atoms with E-state index in [2.05, 4.69) is 35.4 Å². The predicted octanol–water partition coefficient (Wildman–Crippen LogP) is 2.98. The maximum atomic E-state index is 5.92. The van der Waals surface area contributed by atoms with Crippen LogP contribution in [0.25, 0.3) is 11.1 Å². The minimum atomic E-state index is 0.728. The molecule has 0 aliphatic carbocycles. The van der Waals surface area contributed by atoms with Crippen LogP contribution in [0.15, 0.2) is 65.6 Å². The molecule has 0 bridgehead atoms. The summed E-state index contributed by atoms with van der Waals surface area (Å²) in [5.74, 6) is 0. The van der Waals surface area contributed by atoms with Gasteiger partial charge in [0.15, 0.2) is 5.58 Å².